The van der Waals surface area contributed by atoms with E-state index in [9.17, 15) is 9.59 Å². The van der Waals surface area contributed by atoms with Crippen LogP contribution in [-0.2, 0) is 9.59 Å². The Kier molecular flexibility index (Phi) is 4.91. The van der Waals surface area contributed by atoms with Crippen LogP contribution in [0.15, 0.2) is 18.2 Å². The summed E-state index contributed by atoms with van der Waals surface area (Å²) < 4.78 is 0. The van der Waals surface area contributed by atoms with E-state index in [1.54, 1.807) is 12.1 Å². The van der Waals surface area contributed by atoms with Gasteiger partial charge in [0.05, 0.1) is 12.5 Å². The molecular formula is C15H18Cl2N2O2. The SMILES string of the molecule is CC(NC1CC(=O)N(C(C)C)C1=O)c1ccc(Cl)cc1Cl. The quantitative estimate of drug-likeness (QED) is 0.863. The van der Waals surface area contributed by atoms with Crippen LogP contribution in [0.2, 0.25) is 10.0 Å². The first-order valence-corrected chi connectivity index (χ1v) is 7.63. The number of benzene rings is 1. The summed E-state index contributed by atoms with van der Waals surface area (Å²) in [6.45, 7) is 5.57. The minimum absolute atomic E-state index is 0.119. The summed E-state index contributed by atoms with van der Waals surface area (Å²) in [5, 5.41) is 4.29. The Labute approximate surface area is 134 Å². The molecular weight excluding hydrogens is 311 g/mol. The van der Waals surface area contributed by atoms with Crippen LogP contribution in [0.4, 0.5) is 0 Å². The van der Waals surface area contributed by atoms with Gasteiger partial charge in [0.2, 0.25) is 11.8 Å². The predicted molar refractivity (Wildman–Crippen MR) is 83.4 cm³/mol. The van der Waals surface area contributed by atoms with Crippen LogP contribution >= 0.6 is 23.2 Å². The zero-order chi connectivity index (χ0) is 15.7. The smallest absolute Gasteiger partial charge is 0.247 e. The number of rotatable bonds is 4. The topological polar surface area (TPSA) is 49.4 Å². The van der Waals surface area contributed by atoms with E-state index in [4.69, 9.17) is 23.2 Å². The van der Waals surface area contributed by atoms with E-state index < -0.39 is 6.04 Å². The molecule has 1 aliphatic rings. The molecule has 2 unspecified atom stereocenters. The maximum atomic E-state index is 12.3. The number of nitrogens with zero attached hydrogens (tertiary/aromatic N) is 1. The van der Waals surface area contributed by atoms with Gasteiger partial charge in [-0.3, -0.25) is 19.8 Å². The Bertz CT molecular complexity index is 575. The fourth-order valence-electron chi connectivity index (χ4n) is 2.57. The molecule has 2 atom stereocenters. The Balaban J connectivity index is 2.12. The Morgan fingerprint density at radius 2 is 1.90 bits per heavy atom. The first-order chi connectivity index (χ1) is 9.81. The lowest BCUT2D eigenvalue weighted by atomic mass is 10.1. The third-order valence-corrected chi connectivity index (χ3v) is 4.14. The lowest BCUT2D eigenvalue weighted by molar-refractivity contribution is -0.140. The highest BCUT2D eigenvalue weighted by Gasteiger charge is 2.40. The van der Waals surface area contributed by atoms with Crippen LogP contribution in [-0.4, -0.2) is 28.8 Å². The number of likely N-dealkylation sites (tertiary alicyclic amines) is 1. The maximum Gasteiger partial charge on any atom is 0.247 e. The van der Waals surface area contributed by atoms with Crippen molar-refractivity contribution in [3.63, 3.8) is 0 Å². The molecule has 1 aromatic rings. The van der Waals surface area contributed by atoms with E-state index in [-0.39, 0.29) is 30.3 Å². The van der Waals surface area contributed by atoms with Gasteiger partial charge >= 0.3 is 0 Å². The summed E-state index contributed by atoms with van der Waals surface area (Å²) in [5.74, 6) is -0.311. The van der Waals surface area contributed by atoms with Gasteiger partial charge in [-0.1, -0.05) is 29.3 Å². The van der Waals surface area contributed by atoms with Crippen molar-refractivity contribution in [1.82, 2.24) is 10.2 Å². The normalized spacial score (nSPS) is 20.5. The number of nitrogens with one attached hydrogen (secondary N) is 1. The number of hydrogen-bond acceptors (Lipinski definition) is 3. The van der Waals surface area contributed by atoms with E-state index in [0.717, 1.165) is 5.56 Å². The summed E-state index contributed by atoms with van der Waals surface area (Å²) in [4.78, 5) is 25.5. The summed E-state index contributed by atoms with van der Waals surface area (Å²) in [5.41, 5.74) is 0.851. The van der Waals surface area contributed by atoms with Crippen LogP contribution in [0.5, 0.6) is 0 Å². The molecule has 6 heteroatoms. The van der Waals surface area contributed by atoms with Gasteiger partial charge in [-0.05, 0) is 38.5 Å². The van der Waals surface area contributed by atoms with Crippen molar-refractivity contribution in [3.8, 4) is 0 Å². The van der Waals surface area contributed by atoms with Crippen molar-refractivity contribution in [2.45, 2.75) is 45.3 Å². The summed E-state index contributed by atoms with van der Waals surface area (Å²) in [7, 11) is 0. The average Bonchev–Trinajstić information content (AvgIpc) is 2.63. The first kappa shape index (κ1) is 16.3. The van der Waals surface area contributed by atoms with Gasteiger partial charge in [-0.25, -0.2) is 0 Å². The fraction of sp³-hybridized carbons (Fsp3) is 0.467. The molecule has 1 heterocycles. The predicted octanol–water partition coefficient (Wildman–Crippen LogP) is 3.18. The highest BCUT2D eigenvalue weighted by atomic mass is 35.5. The summed E-state index contributed by atoms with van der Waals surface area (Å²) >= 11 is 12.0. The summed E-state index contributed by atoms with van der Waals surface area (Å²) in [6.07, 6.45) is 0.187. The number of hydrogen-bond donors (Lipinski definition) is 1. The van der Waals surface area contributed by atoms with Gasteiger partial charge in [0.25, 0.3) is 0 Å². The van der Waals surface area contributed by atoms with Crippen LogP contribution in [0.25, 0.3) is 0 Å². The molecule has 0 aliphatic carbocycles. The van der Waals surface area contributed by atoms with Crippen molar-refractivity contribution in [3.05, 3.63) is 33.8 Å². The molecule has 0 saturated carbocycles. The van der Waals surface area contributed by atoms with Crippen LogP contribution in [0.3, 0.4) is 0 Å². The van der Waals surface area contributed by atoms with Crippen molar-refractivity contribution in [1.29, 1.82) is 0 Å². The minimum Gasteiger partial charge on any atom is -0.299 e. The van der Waals surface area contributed by atoms with Gasteiger partial charge < -0.3 is 0 Å². The van der Waals surface area contributed by atoms with Gasteiger partial charge in [0.15, 0.2) is 0 Å². The van der Waals surface area contributed by atoms with Crippen LogP contribution < -0.4 is 5.32 Å². The third-order valence-electron chi connectivity index (χ3n) is 3.58. The minimum atomic E-state index is -0.498. The molecule has 4 nitrogen and oxygen atoms in total. The largest absolute Gasteiger partial charge is 0.299 e. The molecule has 2 rings (SSSR count). The van der Waals surface area contributed by atoms with E-state index in [1.165, 1.54) is 4.90 Å². The molecule has 0 bridgehead atoms. The molecule has 0 radical (unpaired) electrons. The van der Waals surface area contributed by atoms with E-state index in [1.807, 2.05) is 26.8 Å². The second-order valence-corrected chi connectivity index (χ2v) is 6.35. The molecule has 2 amide bonds. The highest BCUT2D eigenvalue weighted by molar-refractivity contribution is 6.35. The molecule has 21 heavy (non-hydrogen) atoms. The van der Waals surface area contributed by atoms with E-state index >= 15 is 0 Å². The Hall–Kier alpha value is -1.10. The zero-order valence-electron chi connectivity index (χ0n) is 12.2. The molecule has 1 N–H and O–H groups in total. The summed E-state index contributed by atoms with van der Waals surface area (Å²) in [6, 6.07) is 4.47. The number of halogens is 2. The lowest BCUT2D eigenvalue weighted by Crippen LogP contribution is -2.42. The molecule has 1 saturated heterocycles. The lowest BCUT2D eigenvalue weighted by Gasteiger charge is -2.22. The molecule has 1 fully saturated rings. The molecule has 114 valence electrons. The van der Waals surface area contributed by atoms with Crippen molar-refractivity contribution < 1.29 is 9.59 Å². The second-order valence-electron chi connectivity index (χ2n) is 5.51. The average molecular weight is 329 g/mol. The van der Waals surface area contributed by atoms with Crippen molar-refractivity contribution in [2.24, 2.45) is 0 Å². The number of amides is 2. The van der Waals surface area contributed by atoms with E-state index in [0.29, 0.717) is 10.0 Å². The Morgan fingerprint density at radius 3 is 2.43 bits per heavy atom. The number of carbonyl (C=O) groups excluding carboxylic acids is 2. The standard InChI is InChI=1S/C15H18Cl2N2O2/c1-8(2)19-14(20)7-13(15(19)21)18-9(3)11-5-4-10(16)6-12(11)17/h4-6,8-9,13,18H,7H2,1-3H3. The maximum absolute atomic E-state index is 12.3. The van der Waals surface area contributed by atoms with Crippen LogP contribution in [0, 0.1) is 0 Å². The van der Waals surface area contributed by atoms with Gasteiger partial charge in [-0.15, -0.1) is 0 Å². The third kappa shape index (κ3) is 3.39. The highest BCUT2D eigenvalue weighted by Crippen LogP contribution is 2.27. The fourth-order valence-corrected chi connectivity index (χ4v) is 3.14. The number of carbonyl (C=O) groups is 2. The van der Waals surface area contributed by atoms with Crippen molar-refractivity contribution in [2.75, 3.05) is 0 Å². The van der Waals surface area contributed by atoms with Crippen molar-refractivity contribution >= 4 is 35.0 Å². The Morgan fingerprint density at radius 1 is 1.24 bits per heavy atom. The van der Waals surface area contributed by atoms with Gasteiger partial charge in [0, 0.05) is 22.1 Å². The zero-order valence-corrected chi connectivity index (χ0v) is 13.7. The monoisotopic (exact) mass is 328 g/mol. The van der Waals surface area contributed by atoms with Gasteiger partial charge in [0.1, 0.15) is 0 Å². The molecule has 0 aromatic heterocycles. The molecule has 0 spiro atoms. The molecule has 1 aromatic carbocycles. The van der Waals surface area contributed by atoms with Crippen LogP contribution in [0.1, 0.15) is 38.8 Å². The first-order valence-electron chi connectivity index (χ1n) is 6.88. The van der Waals surface area contributed by atoms with Gasteiger partial charge in [-0.2, -0.15) is 0 Å². The van der Waals surface area contributed by atoms with E-state index in [2.05, 4.69) is 5.32 Å². The number of imide groups is 1. The molecule has 1 aliphatic heterocycles. The second kappa shape index (κ2) is 6.34.